The number of hydrogen-bond donors (Lipinski definition) is 3. The number of primary amides is 1. The Morgan fingerprint density at radius 2 is 2.17 bits per heavy atom. The van der Waals surface area contributed by atoms with E-state index in [0.29, 0.717) is 25.3 Å². The Hall–Kier alpha value is -0.610. The SMILES string of the molecule is C[C@@H](CN)CC[C@](C)(O)C(N)=O. The van der Waals surface area contributed by atoms with E-state index < -0.39 is 11.5 Å². The maximum atomic E-state index is 10.7. The highest BCUT2D eigenvalue weighted by molar-refractivity contribution is 5.82. The lowest BCUT2D eigenvalue weighted by molar-refractivity contribution is -0.135. The largest absolute Gasteiger partial charge is 0.380 e. The smallest absolute Gasteiger partial charge is 0.249 e. The highest BCUT2D eigenvalue weighted by Crippen LogP contribution is 2.15. The van der Waals surface area contributed by atoms with Crippen LogP contribution in [0.2, 0.25) is 0 Å². The summed E-state index contributed by atoms with van der Waals surface area (Å²) in [6.07, 6.45) is 1.09. The molecule has 0 heterocycles. The zero-order valence-corrected chi connectivity index (χ0v) is 7.71. The maximum absolute atomic E-state index is 10.7. The average molecular weight is 174 g/mol. The Kier molecular flexibility index (Phi) is 4.20. The first-order chi connectivity index (χ1) is 5.40. The van der Waals surface area contributed by atoms with Crippen LogP contribution in [-0.2, 0) is 4.79 Å². The molecule has 0 aromatic carbocycles. The quantitative estimate of drug-likeness (QED) is 0.529. The van der Waals surface area contributed by atoms with Gasteiger partial charge in [0.2, 0.25) is 5.91 Å². The van der Waals surface area contributed by atoms with Gasteiger partial charge >= 0.3 is 0 Å². The molecule has 0 fully saturated rings. The summed E-state index contributed by atoms with van der Waals surface area (Å²) >= 11 is 0. The molecule has 4 nitrogen and oxygen atoms in total. The van der Waals surface area contributed by atoms with E-state index in [2.05, 4.69) is 0 Å². The van der Waals surface area contributed by atoms with Crippen molar-refractivity contribution in [2.24, 2.45) is 17.4 Å². The minimum atomic E-state index is -1.39. The van der Waals surface area contributed by atoms with Crippen molar-refractivity contribution in [3.8, 4) is 0 Å². The van der Waals surface area contributed by atoms with Gasteiger partial charge in [-0.3, -0.25) is 4.79 Å². The normalized spacial score (nSPS) is 18.3. The first kappa shape index (κ1) is 11.4. The van der Waals surface area contributed by atoms with E-state index in [1.165, 1.54) is 6.92 Å². The summed E-state index contributed by atoms with van der Waals surface area (Å²) < 4.78 is 0. The minimum Gasteiger partial charge on any atom is -0.380 e. The molecule has 0 spiro atoms. The Morgan fingerprint density at radius 1 is 1.67 bits per heavy atom. The van der Waals surface area contributed by atoms with Crippen LogP contribution in [0, 0.1) is 5.92 Å². The summed E-state index contributed by atoms with van der Waals surface area (Å²) in [4.78, 5) is 10.7. The molecule has 0 rings (SSSR count). The van der Waals surface area contributed by atoms with Gasteiger partial charge in [0.25, 0.3) is 0 Å². The van der Waals surface area contributed by atoms with Gasteiger partial charge in [-0.15, -0.1) is 0 Å². The molecule has 0 aliphatic rings. The third kappa shape index (κ3) is 3.69. The van der Waals surface area contributed by atoms with Crippen molar-refractivity contribution in [3.05, 3.63) is 0 Å². The Morgan fingerprint density at radius 3 is 2.50 bits per heavy atom. The minimum absolute atomic E-state index is 0.316. The Balaban J connectivity index is 3.83. The van der Waals surface area contributed by atoms with Crippen molar-refractivity contribution >= 4 is 5.91 Å². The molecule has 0 aromatic rings. The fourth-order valence-electron chi connectivity index (χ4n) is 0.769. The molecule has 5 N–H and O–H groups in total. The third-order valence-electron chi connectivity index (χ3n) is 2.06. The molecule has 0 saturated carbocycles. The number of amides is 1. The van der Waals surface area contributed by atoms with Gasteiger partial charge in [-0.2, -0.15) is 0 Å². The molecule has 2 atom stereocenters. The molecular formula is C8H18N2O2. The van der Waals surface area contributed by atoms with Crippen molar-refractivity contribution in [1.82, 2.24) is 0 Å². The molecule has 12 heavy (non-hydrogen) atoms. The van der Waals surface area contributed by atoms with Crippen molar-refractivity contribution in [3.63, 3.8) is 0 Å². The Labute approximate surface area is 72.9 Å². The summed E-state index contributed by atoms with van der Waals surface area (Å²) in [6.45, 7) is 3.96. The number of carbonyl (C=O) groups is 1. The highest BCUT2D eigenvalue weighted by Gasteiger charge is 2.27. The van der Waals surface area contributed by atoms with Crippen LogP contribution in [-0.4, -0.2) is 23.2 Å². The lowest BCUT2D eigenvalue weighted by Crippen LogP contribution is -2.41. The van der Waals surface area contributed by atoms with Gasteiger partial charge in [0, 0.05) is 0 Å². The van der Waals surface area contributed by atoms with E-state index >= 15 is 0 Å². The predicted molar refractivity (Wildman–Crippen MR) is 47.3 cm³/mol. The number of rotatable bonds is 5. The average Bonchev–Trinajstić information content (AvgIpc) is 2.00. The molecule has 72 valence electrons. The zero-order chi connectivity index (χ0) is 9.78. The van der Waals surface area contributed by atoms with Crippen molar-refractivity contribution in [2.45, 2.75) is 32.3 Å². The summed E-state index contributed by atoms with van der Waals surface area (Å²) in [6, 6.07) is 0. The van der Waals surface area contributed by atoms with Gasteiger partial charge in [-0.25, -0.2) is 0 Å². The number of hydrogen-bond acceptors (Lipinski definition) is 3. The van der Waals surface area contributed by atoms with Gasteiger partial charge < -0.3 is 16.6 Å². The number of carbonyl (C=O) groups excluding carboxylic acids is 1. The third-order valence-corrected chi connectivity index (χ3v) is 2.06. The van der Waals surface area contributed by atoms with Gasteiger partial charge in [0.05, 0.1) is 0 Å². The second kappa shape index (κ2) is 4.42. The molecule has 1 amide bonds. The summed E-state index contributed by atoms with van der Waals surface area (Å²) in [5.41, 5.74) is 8.97. The molecule has 0 aliphatic heterocycles. The molecule has 0 unspecified atom stereocenters. The maximum Gasteiger partial charge on any atom is 0.249 e. The van der Waals surface area contributed by atoms with Crippen LogP contribution in [0.15, 0.2) is 0 Å². The lowest BCUT2D eigenvalue weighted by atomic mass is 9.94. The molecule has 0 aliphatic carbocycles. The fraction of sp³-hybridized carbons (Fsp3) is 0.875. The van der Waals surface area contributed by atoms with E-state index in [1.807, 2.05) is 6.92 Å². The van der Waals surface area contributed by atoms with E-state index in [-0.39, 0.29) is 0 Å². The molecule has 0 bridgehead atoms. The molecular weight excluding hydrogens is 156 g/mol. The zero-order valence-electron chi connectivity index (χ0n) is 7.71. The molecule has 0 saturated heterocycles. The van der Waals surface area contributed by atoms with Gasteiger partial charge in [-0.1, -0.05) is 6.92 Å². The van der Waals surface area contributed by atoms with E-state index in [9.17, 15) is 9.90 Å². The fourth-order valence-corrected chi connectivity index (χ4v) is 0.769. The summed E-state index contributed by atoms with van der Waals surface area (Å²) in [5.74, 6) is -0.359. The standard InChI is InChI=1S/C8H18N2O2/c1-6(5-9)3-4-8(2,12)7(10)11/h6,12H,3-5,9H2,1-2H3,(H2,10,11)/t6-,8+/m1/s1. The highest BCUT2D eigenvalue weighted by atomic mass is 16.3. The molecule has 4 heteroatoms. The van der Waals surface area contributed by atoms with Crippen LogP contribution in [0.25, 0.3) is 0 Å². The van der Waals surface area contributed by atoms with Crippen molar-refractivity contribution in [2.75, 3.05) is 6.54 Å². The summed E-state index contributed by atoms with van der Waals surface area (Å²) in [5, 5.41) is 9.42. The lowest BCUT2D eigenvalue weighted by Gasteiger charge is -2.20. The first-order valence-electron chi connectivity index (χ1n) is 4.12. The first-order valence-corrected chi connectivity index (χ1v) is 4.12. The van der Waals surface area contributed by atoms with E-state index in [1.54, 1.807) is 0 Å². The van der Waals surface area contributed by atoms with Crippen molar-refractivity contribution in [1.29, 1.82) is 0 Å². The summed E-state index contributed by atoms with van der Waals surface area (Å²) in [7, 11) is 0. The molecule has 0 aromatic heterocycles. The second-order valence-electron chi connectivity index (χ2n) is 3.52. The second-order valence-corrected chi connectivity index (χ2v) is 3.52. The van der Waals surface area contributed by atoms with Gasteiger partial charge in [0.1, 0.15) is 5.60 Å². The monoisotopic (exact) mass is 174 g/mol. The topological polar surface area (TPSA) is 89.3 Å². The number of aliphatic hydroxyl groups is 1. The number of nitrogens with two attached hydrogens (primary N) is 2. The predicted octanol–water partition coefficient (Wildman–Crippen LogP) is -0.402. The van der Waals surface area contributed by atoms with Crippen LogP contribution >= 0.6 is 0 Å². The van der Waals surface area contributed by atoms with Crippen LogP contribution in [0.3, 0.4) is 0 Å². The van der Waals surface area contributed by atoms with Crippen molar-refractivity contribution < 1.29 is 9.90 Å². The van der Waals surface area contributed by atoms with Gasteiger partial charge in [0.15, 0.2) is 0 Å². The Bertz CT molecular complexity index is 157. The van der Waals surface area contributed by atoms with E-state index in [0.717, 1.165) is 0 Å². The van der Waals surface area contributed by atoms with E-state index in [4.69, 9.17) is 11.5 Å². The van der Waals surface area contributed by atoms with Crippen LogP contribution in [0.4, 0.5) is 0 Å². The van der Waals surface area contributed by atoms with Crippen LogP contribution in [0.5, 0.6) is 0 Å². The van der Waals surface area contributed by atoms with Crippen LogP contribution in [0.1, 0.15) is 26.7 Å². The van der Waals surface area contributed by atoms with Crippen LogP contribution < -0.4 is 11.5 Å². The van der Waals surface area contributed by atoms with Gasteiger partial charge in [-0.05, 0) is 32.2 Å². The molecule has 0 radical (unpaired) electrons.